The zero-order valence-corrected chi connectivity index (χ0v) is 12.5. The standard InChI is InChI=1S/C14H21NO4S/c1-17-12-11(16)10(8-15)19-14(13(12)18-2)20-9-6-4-3-5-7-9/h3-7,10-14,16H,8,15H2,1-2H3/t10-,11-,12+,13-,14+/m1/s1. The van der Waals surface area contributed by atoms with Crippen molar-refractivity contribution < 1.29 is 19.3 Å². The molecule has 1 fully saturated rings. The summed E-state index contributed by atoms with van der Waals surface area (Å²) in [4.78, 5) is 1.07. The molecule has 1 aromatic rings. The van der Waals surface area contributed by atoms with Gasteiger partial charge >= 0.3 is 0 Å². The van der Waals surface area contributed by atoms with Gasteiger partial charge in [-0.3, -0.25) is 0 Å². The summed E-state index contributed by atoms with van der Waals surface area (Å²) >= 11 is 1.54. The largest absolute Gasteiger partial charge is 0.388 e. The Balaban J connectivity index is 2.16. The quantitative estimate of drug-likeness (QED) is 0.840. The smallest absolute Gasteiger partial charge is 0.137 e. The van der Waals surface area contributed by atoms with E-state index in [1.54, 1.807) is 26.0 Å². The predicted molar refractivity (Wildman–Crippen MR) is 77.6 cm³/mol. The molecule has 1 heterocycles. The lowest BCUT2D eigenvalue weighted by atomic mass is 9.99. The van der Waals surface area contributed by atoms with Gasteiger partial charge in [0.05, 0.1) is 6.10 Å². The molecule has 2 rings (SSSR count). The highest BCUT2D eigenvalue weighted by molar-refractivity contribution is 7.99. The average Bonchev–Trinajstić information content (AvgIpc) is 2.49. The van der Waals surface area contributed by atoms with E-state index in [2.05, 4.69) is 0 Å². The molecular weight excluding hydrogens is 278 g/mol. The number of ether oxygens (including phenoxy) is 3. The van der Waals surface area contributed by atoms with E-state index in [0.29, 0.717) is 0 Å². The minimum absolute atomic E-state index is 0.239. The molecule has 1 aliphatic heterocycles. The number of hydrogen-bond donors (Lipinski definition) is 2. The van der Waals surface area contributed by atoms with E-state index < -0.39 is 18.3 Å². The van der Waals surface area contributed by atoms with Crippen molar-refractivity contribution >= 4 is 11.8 Å². The van der Waals surface area contributed by atoms with Crippen molar-refractivity contribution in [1.82, 2.24) is 0 Å². The van der Waals surface area contributed by atoms with Crippen molar-refractivity contribution in [3.05, 3.63) is 30.3 Å². The van der Waals surface area contributed by atoms with E-state index in [1.165, 1.54) is 0 Å². The third-order valence-corrected chi connectivity index (χ3v) is 4.55. The van der Waals surface area contributed by atoms with Gasteiger partial charge in [0.2, 0.25) is 0 Å². The van der Waals surface area contributed by atoms with Crippen LogP contribution in [0, 0.1) is 0 Å². The maximum atomic E-state index is 10.2. The van der Waals surface area contributed by atoms with Crippen LogP contribution in [-0.2, 0) is 14.2 Å². The van der Waals surface area contributed by atoms with Gasteiger partial charge in [-0.2, -0.15) is 0 Å². The number of hydrogen-bond acceptors (Lipinski definition) is 6. The monoisotopic (exact) mass is 299 g/mol. The molecular formula is C14H21NO4S. The summed E-state index contributed by atoms with van der Waals surface area (Å²) in [7, 11) is 3.15. The van der Waals surface area contributed by atoms with Crippen molar-refractivity contribution in [1.29, 1.82) is 0 Å². The Hall–Kier alpha value is -0.630. The van der Waals surface area contributed by atoms with Gasteiger partial charge < -0.3 is 25.1 Å². The van der Waals surface area contributed by atoms with Crippen LogP contribution in [0.25, 0.3) is 0 Å². The number of rotatable bonds is 5. The maximum absolute atomic E-state index is 10.2. The Labute approximate surface area is 123 Å². The molecule has 3 N–H and O–H groups in total. The molecule has 1 aromatic carbocycles. The lowest BCUT2D eigenvalue weighted by Crippen LogP contribution is -2.59. The highest BCUT2D eigenvalue weighted by atomic mass is 32.2. The number of thioether (sulfide) groups is 1. The summed E-state index contributed by atoms with van der Waals surface area (Å²) in [6.45, 7) is 0.239. The van der Waals surface area contributed by atoms with Crippen LogP contribution in [0.4, 0.5) is 0 Å². The Morgan fingerprint density at radius 1 is 1.20 bits per heavy atom. The molecule has 0 amide bonds. The van der Waals surface area contributed by atoms with Crippen LogP contribution in [-0.4, -0.2) is 55.7 Å². The molecule has 0 spiro atoms. The molecule has 5 nitrogen and oxygen atoms in total. The fraction of sp³-hybridized carbons (Fsp3) is 0.571. The first-order chi connectivity index (χ1) is 9.71. The second-order valence-corrected chi connectivity index (χ2v) is 5.77. The number of nitrogens with two attached hydrogens (primary N) is 1. The van der Waals surface area contributed by atoms with Crippen LogP contribution in [0.3, 0.4) is 0 Å². The summed E-state index contributed by atoms with van der Waals surface area (Å²) < 4.78 is 16.7. The predicted octanol–water partition coefficient (Wildman–Crippen LogP) is 0.853. The Bertz CT molecular complexity index is 405. The Morgan fingerprint density at radius 3 is 2.40 bits per heavy atom. The van der Waals surface area contributed by atoms with Gasteiger partial charge in [0, 0.05) is 25.7 Å². The molecule has 6 heteroatoms. The summed E-state index contributed by atoms with van der Waals surface area (Å²) in [5.74, 6) is 0. The normalized spacial score (nSPS) is 34.1. The highest BCUT2D eigenvalue weighted by Crippen LogP contribution is 2.35. The van der Waals surface area contributed by atoms with E-state index in [0.717, 1.165) is 4.90 Å². The van der Waals surface area contributed by atoms with E-state index in [-0.39, 0.29) is 18.1 Å². The van der Waals surface area contributed by atoms with E-state index >= 15 is 0 Å². The number of aliphatic hydroxyl groups is 1. The maximum Gasteiger partial charge on any atom is 0.137 e. The van der Waals surface area contributed by atoms with Crippen LogP contribution in [0.5, 0.6) is 0 Å². The van der Waals surface area contributed by atoms with Crippen LogP contribution < -0.4 is 5.73 Å². The highest BCUT2D eigenvalue weighted by Gasteiger charge is 2.45. The molecule has 0 unspecified atom stereocenters. The third kappa shape index (κ3) is 3.33. The van der Waals surface area contributed by atoms with Gasteiger partial charge in [-0.15, -0.1) is 0 Å². The fourth-order valence-electron chi connectivity index (χ4n) is 2.33. The minimum atomic E-state index is -0.789. The number of aliphatic hydroxyl groups excluding tert-OH is 1. The summed E-state index contributed by atoms with van der Waals surface area (Å²) in [5, 5.41) is 10.2. The van der Waals surface area contributed by atoms with Gasteiger partial charge in [-0.05, 0) is 12.1 Å². The molecule has 1 aliphatic rings. The summed E-state index contributed by atoms with van der Waals surface area (Å²) in [6, 6.07) is 9.91. The molecule has 0 aromatic heterocycles. The molecule has 0 bridgehead atoms. The number of methoxy groups -OCH3 is 2. The van der Waals surface area contributed by atoms with Gasteiger partial charge in [-0.25, -0.2) is 0 Å². The van der Waals surface area contributed by atoms with Crippen LogP contribution >= 0.6 is 11.8 Å². The van der Waals surface area contributed by atoms with Crippen molar-refractivity contribution in [2.24, 2.45) is 5.73 Å². The van der Waals surface area contributed by atoms with Crippen molar-refractivity contribution in [2.75, 3.05) is 20.8 Å². The lowest BCUT2D eigenvalue weighted by Gasteiger charge is -2.43. The van der Waals surface area contributed by atoms with Gasteiger partial charge in [0.1, 0.15) is 23.7 Å². The first kappa shape index (κ1) is 15.8. The molecule has 20 heavy (non-hydrogen) atoms. The van der Waals surface area contributed by atoms with E-state index in [4.69, 9.17) is 19.9 Å². The second kappa shape index (κ2) is 7.40. The lowest BCUT2D eigenvalue weighted by molar-refractivity contribution is -0.210. The Morgan fingerprint density at radius 2 is 1.85 bits per heavy atom. The minimum Gasteiger partial charge on any atom is -0.388 e. The van der Waals surface area contributed by atoms with Crippen LogP contribution in [0.15, 0.2) is 35.2 Å². The molecule has 0 radical (unpaired) electrons. The SMILES string of the molecule is CO[C@@H]1[C@@H](OC)[C@H](O)[C@@H](CN)O[C@H]1Sc1ccccc1. The summed E-state index contributed by atoms with van der Waals surface area (Å²) in [5.41, 5.74) is 5.39. The number of benzene rings is 1. The molecule has 5 atom stereocenters. The van der Waals surface area contributed by atoms with Crippen molar-refractivity contribution in [2.45, 2.75) is 34.7 Å². The van der Waals surface area contributed by atoms with Crippen molar-refractivity contribution in [3.8, 4) is 0 Å². The fourth-order valence-corrected chi connectivity index (χ4v) is 3.51. The topological polar surface area (TPSA) is 73.9 Å². The summed E-state index contributed by atoms with van der Waals surface area (Å²) in [6.07, 6.45) is -2.05. The third-order valence-electron chi connectivity index (χ3n) is 3.39. The van der Waals surface area contributed by atoms with Gasteiger partial charge in [-0.1, -0.05) is 30.0 Å². The van der Waals surface area contributed by atoms with Crippen LogP contribution in [0.2, 0.25) is 0 Å². The van der Waals surface area contributed by atoms with E-state index in [9.17, 15) is 5.11 Å². The molecule has 112 valence electrons. The average molecular weight is 299 g/mol. The first-order valence-corrected chi connectivity index (χ1v) is 7.40. The van der Waals surface area contributed by atoms with Gasteiger partial charge in [0.25, 0.3) is 0 Å². The van der Waals surface area contributed by atoms with Gasteiger partial charge in [0.15, 0.2) is 0 Å². The molecule has 0 saturated carbocycles. The van der Waals surface area contributed by atoms with Crippen molar-refractivity contribution in [3.63, 3.8) is 0 Å². The second-order valence-electron chi connectivity index (χ2n) is 4.60. The first-order valence-electron chi connectivity index (χ1n) is 6.52. The molecule has 1 saturated heterocycles. The van der Waals surface area contributed by atoms with E-state index in [1.807, 2.05) is 30.3 Å². The zero-order chi connectivity index (χ0) is 14.5. The van der Waals surface area contributed by atoms with Crippen LogP contribution in [0.1, 0.15) is 0 Å². The molecule has 0 aliphatic carbocycles. The zero-order valence-electron chi connectivity index (χ0n) is 11.6. The Kier molecular flexibility index (Phi) is 5.83.